The normalized spacial score (nSPS) is 13.4. The Morgan fingerprint density at radius 2 is 1.89 bits per heavy atom. The number of fused-ring (bicyclic) bond motifs is 1. The molecule has 1 fully saturated rings. The second-order valence-electron chi connectivity index (χ2n) is 7.50. The molecule has 1 aliphatic rings. The summed E-state index contributed by atoms with van der Waals surface area (Å²) < 4.78 is 44.7. The van der Waals surface area contributed by atoms with Gasteiger partial charge in [0.05, 0.1) is 18.2 Å². The topological polar surface area (TPSA) is 94.9 Å². The first-order valence-corrected chi connectivity index (χ1v) is 11.0. The molecule has 0 saturated heterocycles. The van der Waals surface area contributed by atoms with Crippen LogP contribution in [0, 0.1) is 11.6 Å². The number of hydrogen-bond acceptors (Lipinski definition) is 8. The molecule has 0 bridgehead atoms. The first-order valence-electron chi connectivity index (χ1n) is 11.0. The van der Waals surface area contributed by atoms with Crippen molar-refractivity contribution in [1.29, 1.82) is 0 Å². The Bertz CT molecular complexity index is 1280. The van der Waals surface area contributed by atoms with Crippen molar-refractivity contribution in [2.45, 2.75) is 25.9 Å². The van der Waals surface area contributed by atoms with Crippen LogP contribution in [0.5, 0.6) is 17.4 Å². The van der Waals surface area contributed by atoms with Gasteiger partial charge in [0.25, 0.3) is 0 Å². The van der Waals surface area contributed by atoms with Crippen molar-refractivity contribution >= 4 is 29.6 Å². The molecule has 1 aliphatic carbocycles. The Balaban J connectivity index is 0.000000280. The lowest BCUT2D eigenvalue weighted by Gasteiger charge is -2.13. The molecule has 2 heterocycles. The highest BCUT2D eigenvalue weighted by Gasteiger charge is 2.26. The van der Waals surface area contributed by atoms with Crippen LogP contribution < -0.4 is 14.8 Å². The molecule has 0 amide bonds. The Morgan fingerprint density at radius 1 is 1.19 bits per heavy atom. The predicted octanol–water partition coefficient (Wildman–Crippen LogP) is 5.60. The van der Waals surface area contributed by atoms with Gasteiger partial charge in [-0.3, -0.25) is 14.8 Å². The third kappa shape index (κ3) is 6.41. The molecule has 2 aromatic heterocycles. The molecule has 1 aromatic carbocycles. The van der Waals surface area contributed by atoms with E-state index in [9.17, 15) is 13.6 Å². The first kappa shape index (κ1) is 26.3. The van der Waals surface area contributed by atoms with Crippen molar-refractivity contribution in [1.82, 2.24) is 9.97 Å². The van der Waals surface area contributed by atoms with Crippen molar-refractivity contribution in [3.8, 4) is 17.4 Å². The van der Waals surface area contributed by atoms with Crippen LogP contribution in [0.1, 0.15) is 19.8 Å². The molecule has 0 unspecified atom stereocenters. The zero-order valence-corrected chi connectivity index (χ0v) is 20.1. The molecule has 4 rings (SSSR count). The first-order chi connectivity index (χ1) is 17.4. The van der Waals surface area contributed by atoms with Crippen molar-refractivity contribution in [3.05, 3.63) is 71.9 Å². The van der Waals surface area contributed by atoms with E-state index in [1.54, 1.807) is 32.3 Å². The molecule has 8 nitrogen and oxygen atoms in total. The summed E-state index contributed by atoms with van der Waals surface area (Å²) in [5.74, 6) is -0.981. The van der Waals surface area contributed by atoms with E-state index >= 15 is 0 Å². The maximum absolute atomic E-state index is 14.2. The maximum Gasteiger partial charge on any atom is 0.227 e. The average Bonchev–Trinajstić information content (AvgIpc) is 3.70. The minimum Gasteiger partial charge on any atom is -0.496 e. The zero-order chi connectivity index (χ0) is 26.1. The fourth-order valence-corrected chi connectivity index (χ4v) is 3.12. The molecule has 0 radical (unpaired) electrons. The lowest BCUT2D eigenvalue weighted by molar-refractivity contribution is -0.105. The van der Waals surface area contributed by atoms with Gasteiger partial charge in [-0.15, -0.1) is 0 Å². The highest BCUT2D eigenvalue weighted by atomic mass is 19.1. The van der Waals surface area contributed by atoms with Crippen LogP contribution in [0.15, 0.2) is 65.3 Å². The van der Waals surface area contributed by atoms with Crippen molar-refractivity contribution in [2.24, 2.45) is 4.99 Å². The van der Waals surface area contributed by atoms with E-state index in [-0.39, 0.29) is 11.9 Å². The van der Waals surface area contributed by atoms with Gasteiger partial charge in [-0.2, -0.15) is 0 Å². The number of carbonyl (C=O) groups is 1. The fraction of sp³-hybridized carbons (Fsp3) is 0.231. The number of benzene rings is 1. The van der Waals surface area contributed by atoms with E-state index < -0.39 is 17.4 Å². The summed E-state index contributed by atoms with van der Waals surface area (Å²) >= 11 is 0. The van der Waals surface area contributed by atoms with Gasteiger partial charge in [-0.1, -0.05) is 0 Å². The van der Waals surface area contributed by atoms with Crippen LogP contribution >= 0.6 is 0 Å². The number of aliphatic imine (C=N–C) groups is 1. The number of hydrogen-bond donors (Lipinski definition) is 1. The number of anilines is 1. The molecule has 10 heteroatoms. The van der Waals surface area contributed by atoms with E-state index in [0.717, 1.165) is 12.8 Å². The summed E-state index contributed by atoms with van der Waals surface area (Å²) in [6, 6.07) is 5.57. The van der Waals surface area contributed by atoms with Gasteiger partial charge in [0.2, 0.25) is 5.88 Å². The highest BCUT2D eigenvalue weighted by Crippen LogP contribution is 2.38. The van der Waals surface area contributed by atoms with E-state index in [1.165, 1.54) is 37.7 Å². The van der Waals surface area contributed by atoms with E-state index in [1.807, 2.05) is 0 Å². The minimum atomic E-state index is -0.803. The molecule has 0 atom stereocenters. The van der Waals surface area contributed by atoms with Gasteiger partial charge < -0.3 is 19.5 Å². The Morgan fingerprint density at radius 3 is 2.44 bits per heavy atom. The van der Waals surface area contributed by atoms with E-state index in [2.05, 4.69) is 27.0 Å². The minimum absolute atomic E-state index is 0.120. The molecule has 0 aliphatic heterocycles. The summed E-state index contributed by atoms with van der Waals surface area (Å²) in [5, 5.41) is 3.19. The number of allylic oxidation sites excluding steroid dienone is 2. The SMILES string of the molecule is C=N/C=C(C=O)\C(=C/C)OC.CNc1cc(F)c(Oc2ccnc3ccnc(OC4CC4)c23)c(F)c1. The molecule has 188 valence electrons. The van der Waals surface area contributed by atoms with Crippen LogP contribution in [0.25, 0.3) is 10.9 Å². The standard InChI is InChI=1S/C18H15F2N3O2.C8H11NO2/c1-21-10-8-12(19)17(13(20)9-10)25-15-5-7-22-14-4-6-23-18(16(14)15)24-11-2-3-11;1-4-8(11-3)7(6-10)5-9-2/h4-9,11,21H,2-3H2,1H3;4-6H,2H2,1,3H3/b;7-5-,8-4+. The van der Waals surface area contributed by atoms with Gasteiger partial charge in [-0.25, -0.2) is 13.8 Å². The Hall–Kier alpha value is -4.34. The Labute approximate surface area is 207 Å². The summed E-state index contributed by atoms with van der Waals surface area (Å²) in [6.07, 6.45) is 8.85. The molecule has 0 spiro atoms. The summed E-state index contributed by atoms with van der Waals surface area (Å²) in [7, 11) is 3.08. The van der Waals surface area contributed by atoms with Crippen LogP contribution in [0.2, 0.25) is 0 Å². The number of rotatable bonds is 9. The number of nitrogens with one attached hydrogen (secondary N) is 1. The fourth-order valence-electron chi connectivity index (χ4n) is 3.12. The quantitative estimate of drug-likeness (QED) is 0.135. The molecular formula is C26H26F2N4O4. The Kier molecular flexibility index (Phi) is 9.04. The lowest BCUT2D eigenvalue weighted by Crippen LogP contribution is -2.01. The molecular weight excluding hydrogens is 470 g/mol. The van der Waals surface area contributed by atoms with Crippen molar-refractivity contribution in [2.75, 3.05) is 19.5 Å². The smallest absolute Gasteiger partial charge is 0.227 e. The maximum atomic E-state index is 14.2. The second kappa shape index (κ2) is 12.4. The van der Waals surface area contributed by atoms with E-state index in [4.69, 9.17) is 14.2 Å². The molecule has 1 N–H and O–H groups in total. The van der Waals surface area contributed by atoms with Gasteiger partial charge in [0, 0.05) is 43.5 Å². The number of ether oxygens (including phenoxy) is 3. The third-order valence-electron chi connectivity index (χ3n) is 5.01. The van der Waals surface area contributed by atoms with Gasteiger partial charge in [-0.05, 0) is 44.7 Å². The number of carbonyl (C=O) groups excluding carboxylic acids is 1. The largest absolute Gasteiger partial charge is 0.496 e. The lowest BCUT2D eigenvalue weighted by atomic mass is 10.2. The monoisotopic (exact) mass is 496 g/mol. The predicted molar refractivity (Wildman–Crippen MR) is 134 cm³/mol. The van der Waals surface area contributed by atoms with Gasteiger partial charge >= 0.3 is 0 Å². The van der Waals surface area contributed by atoms with Crippen molar-refractivity contribution in [3.63, 3.8) is 0 Å². The van der Waals surface area contributed by atoms with Crippen molar-refractivity contribution < 1.29 is 27.8 Å². The van der Waals surface area contributed by atoms with E-state index in [0.29, 0.717) is 40.1 Å². The number of aromatic nitrogens is 2. The zero-order valence-electron chi connectivity index (χ0n) is 20.1. The van der Waals surface area contributed by atoms with Gasteiger partial charge in [0.15, 0.2) is 23.7 Å². The number of methoxy groups -OCH3 is 1. The number of nitrogens with zero attached hydrogens (tertiary/aromatic N) is 3. The van der Waals surface area contributed by atoms with Crippen LogP contribution in [0.3, 0.4) is 0 Å². The highest BCUT2D eigenvalue weighted by molar-refractivity contribution is 5.89. The van der Waals surface area contributed by atoms with Crippen LogP contribution in [0.4, 0.5) is 14.5 Å². The number of pyridine rings is 2. The molecule has 36 heavy (non-hydrogen) atoms. The summed E-state index contributed by atoms with van der Waals surface area (Å²) in [4.78, 5) is 22.3. The number of aldehydes is 1. The average molecular weight is 497 g/mol. The number of halogens is 2. The van der Waals surface area contributed by atoms with Crippen LogP contribution in [-0.2, 0) is 9.53 Å². The summed E-state index contributed by atoms with van der Waals surface area (Å²) in [6.45, 7) is 5.01. The molecule has 1 saturated carbocycles. The second-order valence-corrected chi connectivity index (χ2v) is 7.50. The van der Waals surface area contributed by atoms with Crippen LogP contribution in [-0.4, -0.2) is 43.2 Å². The summed E-state index contributed by atoms with van der Waals surface area (Å²) in [5.41, 5.74) is 1.29. The third-order valence-corrected chi connectivity index (χ3v) is 5.01. The van der Waals surface area contributed by atoms with Gasteiger partial charge in [0.1, 0.15) is 23.0 Å². The molecule has 3 aromatic rings.